The Balaban J connectivity index is 1.99. The first-order valence-electron chi connectivity index (χ1n) is 6.98. The zero-order chi connectivity index (χ0) is 15.0. The number of halogens is 1. The van der Waals surface area contributed by atoms with Gasteiger partial charge in [0.25, 0.3) is 5.91 Å². The minimum absolute atomic E-state index is 0.0302. The third-order valence-electron chi connectivity index (χ3n) is 3.83. The Morgan fingerprint density at radius 2 is 2.05 bits per heavy atom. The topological polar surface area (TPSA) is 46.3 Å². The van der Waals surface area contributed by atoms with Gasteiger partial charge < -0.3 is 10.6 Å². The highest BCUT2D eigenvalue weighted by molar-refractivity contribution is 6.31. The fraction of sp³-hybridized carbons (Fsp3) is 0.235. The lowest BCUT2D eigenvalue weighted by Crippen LogP contribution is -2.46. The fourth-order valence-corrected chi connectivity index (χ4v) is 2.87. The molecule has 108 valence electrons. The third-order valence-corrected chi connectivity index (χ3v) is 4.26. The predicted molar refractivity (Wildman–Crippen MR) is 86.0 cm³/mol. The number of hydrogen-bond acceptors (Lipinski definition) is 2. The molecule has 4 heteroatoms. The summed E-state index contributed by atoms with van der Waals surface area (Å²) in [6.45, 7) is 2.44. The lowest BCUT2D eigenvalue weighted by Gasteiger charge is -2.33. The van der Waals surface area contributed by atoms with Crippen LogP contribution in [0.5, 0.6) is 0 Å². The van der Waals surface area contributed by atoms with Crippen molar-refractivity contribution in [3.05, 3.63) is 64.2 Å². The molecular formula is C17H17ClN2O. The van der Waals surface area contributed by atoms with Gasteiger partial charge in [0, 0.05) is 28.9 Å². The number of nitrogens with zero attached hydrogens (tertiary/aromatic N) is 1. The molecule has 3 nitrogen and oxygen atoms in total. The lowest BCUT2D eigenvalue weighted by molar-refractivity contribution is 0.0983. The van der Waals surface area contributed by atoms with E-state index < -0.39 is 0 Å². The molecule has 0 bridgehead atoms. The van der Waals surface area contributed by atoms with Crippen molar-refractivity contribution in [1.82, 2.24) is 0 Å². The Morgan fingerprint density at radius 3 is 2.81 bits per heavy atom. The van der Waals surface area contributed by atoms with Crippen LogP contribution in [-0.4, -0.2) is 18.5 Å². The first kappa shape index (κ1) is 14.1. The second-order valence-electron chi connectivity index (χ2n) is 5.47. The number of benzene rings is 2. The molecule has 1 unspecified atom stereocenters. The van der Waals surface area contributed by atoms with E-state index in [4.69, 9.17) is 17.3 Å². The van der Waals surface area contributed by atoms with Crippen LogP contribution in [0, 0.1) is 6.92 Å². The lowest BCUT2D eigenvalue weighted by atomic mass is 9.97. The van der Waals surface area contributed by atoms with Crippen molar-refractivity contribution in [2.45, 2.75) is 19.4 Å². The zero-order valence-electron chi connectivity index (χ0n) is 11.8. The van der Waals surface area contributed by atoms with Crippen LogP contribution < -0.4 is 10.6 Å². The minimum atomic E-state index is -0.0303. The second kappa shape index (κ2) is 5.51. The van der Waals surface area contributed by atoms with E-state index in [1.807, 2.05) is 37.3 Å². The van der Waals surface area contributed by atoms with Gasteiger partial charge in [0.15, 0.2) is 0 Å². The van der Waals surface area contributed by atoms with E-state index >= 15 is 0 Å². The fourth-order valence-electron chi connectivity index (χ4n) is 2.75. The van der Waals surface area contributed by atoms with E-state index in [9.17, 15) is 4.79 Å². The van der Waals surface area contributed by atoms with Crippen LogP contribution in [0.2, 0.25) is 5.02 Å². The van der Waals surface area contributed by atoms with Crippen LogP contribution >= 0.6 is 11.6 Å². The molecule has 2 aromatic rings. The first-order valence-corrected chi connectivity index (χ1v) is 7.35. The van der Waals surface area contributed by atoms with E-state index in [2.05, 4.69) is 0 Å². The van der Waals surface area contributed by atoms with Gasteiger partial charge in [-0.05, 0) is 48.7 Å². The minimum Gasteiger partial charge on any atom is -0.326 e. The van der Waals surface area contributed by atoms with Crippen LogP contribution in [0.25, 0.3) is 0 Å². The van der Waals surface area contributed by atoms with Crippen molar-refractivity contribution < 1.29 is 4.79 Å². The number of fused-ring (bicyclic) bond motifs is 1. The number of para-hydroxylation sites is 1. The molecule has 0 aliphatic carbocycles. The molecule has 0 spiro atoms. The summed E-state index contributed by atoms with van der Waals surface area (Å²) in [6.07, 6.45) is 0.805. The van der Waals surface area contributed by atoms with Crippen LogP contribution in [-0.2, 0) is 6.42 Å². The van der Waals surface area contributed by atoms with E-state index in [-0.39, 0.29) is 11.9 Å². The summed E-state index contributed by atoms with van der Waals surface area (Å²) in [5.41, 5.74) is 9.71. The van der Waals surface area contributed by atoms with Crippen molar-refractivity contribution in [2.24, 2.45) is 5.73 Å². The molecule has 1 amide bonds. The van der Waals surface area contributed by atoms with Crippen molar-refractivity contribution in [3.8, 4) is 0 Å². The summed E-state index contributed by atoms with van der Waals surface area (Å²) in [7, 11) is 0. The Hall–Kier alpha value is -1.84. The normalized spacial score (nSPS) is 17.5. The van der Waals surface area contributed by atoms with Gasteiger partial charge >= 0.3 is 0 Å². The molecule has 0 saturated carbocycles. The molecule has 0 aromatic heterocycles. The average molecular weight is 301 g/mol. The number of rotatable bonds is 1. The highest BCUT2D eigenvalue weighted by Gasteiger charge is 2.27. The molecule has 1 heterocycles. The summed E-state index contributed by atoms with van der Waals surface area (Å²) >= 11 is 6.03. The number of anilines is 1. The highest BCUT2D eigenvalue weighted by atomic mass is 35.5. The number of carbonyl (C=O) groups is 1. The van der Waals surface area contributed by atoms with Crippen LogP contribution in [0.3, 0.4) is 0 Å². The van der Waals surface area contributed by atoms with Crippen molar-refractivity contribution in [3.63, 3.8) is 0 Å². The number of nitrogens with two attached hydrogens (primary N) is 1. The Labute approximate surface area is 129 Å². The molecule has 1 aliphatic rings. The smallest absolute Gasteiger partial charge is 0.258 e. The first-order chi connectivity index (χ1) is 10.1. The standard InChI is InChI=1S/C17H17ClN2O/c1-11-8-13(6-7-15(11)18)17(21)20-10-14(19)9-12-4-2-3-5-16(12)20/h2-8,14H,9-10,19H2,1H3. The molecule has 2 N–H and O–H groups in total. The molecule has 21 heavy (non-hydrogen) atoms. The van der Waals surface area contributed by atoms with Gasteiger partial charge in [-0.15, -0.1) is 0 Å². The SMILES string of the molecule is Cc1cc(C(=O)N2CC(N)Cc3ccccc32)ccc1Cl. The maximum Gasteiger partial charge on any atom is 0.258 e. The van der Waals surface area contributed by atoms with E-state index in [0.717, 1.165) is 23.2 Å². The Bertz CT molecular complexity index is 699. The summed E-state index contributed by atoms with van der Waals surface area (Å²) in [6, 6.07) is 13.3. The molecule has 2 aromatic carbocycles. The van der Waals surface area contributed by atoms with Gasteiger partial charge in [-0.2, -0.15) is 0 Å². The average Bonchev–Trinajstić information content (AvgIpc) is 2.48. The zero-order valence-corrected chi connectivity index (χ0v) is 12.6. The maximum absolute atomic E-state index is 12.8. The van der Waals surface area contributed by atoms with Crippen molar-refractivity contribution in [2.75, 3.05) is 11.4 Å². The van der Waals surface area contributed by atoms with Gasteiger partial charge in [0.2, 0.25) is 0 Å². The summed E-state index contributed by atoms with van der Waals surface area (Å²) in [4.78, 5) is 14.6. The second-order valence-corrected chi connectivity index (χ2v) is 5.88. The van der Waals surface area contributed by atoms with Crippen LogP contribution in [0.1, 0.15) is 21.5 Å². The number of amides is 1. The van der Waals surface area contributed by atoms with Crippen LogP contribution in [0.15, 0.2) is 42.5 Å². The monoisotopic (exact) mass is 300 g/mol. The predicted octanol–water partition coefficient (Wildman–Crippen LogP) is 3.18. The summed E-state index contributed by atoms with van der Waals surface area (Å²) < 4.78 is 0. The largest absolute Gasteiger partial charge is 0.326 e. The number of carbonyl (C=O) groups excluding carboxylic acids is 1. The quantitative estimate of drug-likeness (QED) is 0.879. The molecule has 0 fully saturated rings. The van der Waals surface area contributed by atoms with Gasteiger partial charge in [0.1, 0.15) is 0 Å². The van der Waals surface area contributed by atoms with Gasteiger partial charge in [-0.25, -0.2) is 0 Å². The molecule has 1 aliphatic heterocycles. The Morgan fingerprint density at radius 1 is 1.29 bits per heavy atom. The van der Waals surface area contributed by atoms with E-state index in [1.165, 1.54) is 0 Å². The molecule has 0 saturated heterocycles. The molecule has 3 rings (SSSR count). The summed E-state index contributed by atoms with van der Waals surface area (Å²) in [5.74, 6) is -0.0302. The molecule has 1 atom stereocenters. The van der Waals surface area contributed by atoms with E-state index in [0.29, 0.717) is 17.1 Å². The molecule has 0 radical (unpaired) electrons. The third kappa shape index (κ3) is 2.67. The van der Waals surface area contributed by atoms with E-state index in [1.54, 1.807) is 17.0 Å². The van der Waals surface area contributed by atoms with Crippen molar-refractivity contribution in [1.29, 1.82) is 0 Å². The Kier molecular flexibility index (Phi) is 3.70. The van der Waals surface area contributed by atoms with Gasteiger partial charge in [0.05, 0.1) is 0 Å². The van der Waals surface area contributed by atoms with Crippen LogP contribution in [0.4, 0.5) is 5.69 Å². The van der Waals surface area contributed by atoms with Crippen molar-refractivity contribution >= 4 is 23.2 Å². The van der Waals surface area contributed by atoms with Gasteiger partial charge in [-0.1, -0.05) is 29.8 Å². The highest BCUT2D eigenvalue weighted by Crippen LogP contribution is 2.28. The van der Waals surface area contributed by atoms with Gasteiger partial charge in [-0.3, -0.25) is 4.79 Å². The maximum atomic E-state index is 12.8. The molecular weight excluding hydrogens is 284 g/mol. The number of hydrogen-bond donors (Lipinski definition) is 1. The number of aryl methyl sites for hydroxylation is 1. The summed E-state index contributed by atoms with van der Waals surface area (Å²) in [5, 5.41) is 0.669.